The average molecular weight is 378 g/mol. The fraction of sp³-hybridized carbons (Fsp3) is 0.278. The Morgan fingerprint density at radius 1 is 1.08 bits per heavy atom. The molecule has 0 aliphatic carbocycles. The summed E-state index contributed by atoms with van der Waals surface area (Å²) in [5.74, 6) is 0.203. The lowest BCUT2D eigenvalue weighted by Crippen LogP contribution is -2.25. The van der Waals surface area contributed by atoms with Crippen LogP contribution in [0, 0.1) is 0 Å². The molecule has 2 aromatic rings. The summed E-state index contributed by atoms with van der Waals surface area (Å²) in [5, 5.41) is 2.73. The Bertz CT molecular complexity index is 852. The first-order chi connectivity index (χ1) is 12.5. The van der Waals surface area contributed by atoms with Crippen LogP contribution in [0.5, 0.6) is 5.75 Å². The fourth-order valence-corrected chi connectivity index (χ4v) is 3.32. The van der Waals surface area contributed by atoms with Crippen molar-refractivity contribution in [2.45, 2.75) is 11.3 Å². The Hall–Kier alpha value is -2.58. The molecule has 1 amide bonds. The van der Waals surface area contributed by atoms with Crippen molar-refractivity contribution in [3.8, 4) is 5.75 Å². The van der Waals surface area contributed by atoms with Gasteiger partial charge in [-0.15, -0.1) is 0 Å². The van der Waals surface area contributed by atoms with Gasteiger partial charge in [-0.3, -0.25) is 9.52 Å². The van der Waals surface area contributed by atoms with Crippen molar-refractivity contribution in [3.05, 3.63) is 54.1 Å². The van der Waals surface area contributed by atoms with Crippen molar-refractivity contribution in [2.75, 3.05) is 32.1 Å². The Labute approximate surface area is 153 Å². The second kappa shape index (κ2) is 9.21. The zero-order valence-corrected chi connectivity index (χ0v) is 15.5. The van der Waals surface area contributed by atoms with E-state index in [1.165, 1.54) is 25.3 Å². The average Bonchev–Trinajstić information content (AvgIpc) is 2.65. The number of amides is 1. The zero-order chi connectivity index (χ0) is 19.0. The van der Waals surface area contributed by atoms with Crippen LogP contribution in [0.3, 0.4) is 0 Å². The minimum absolute atomic E-state index is 0.00450. The number of nitrogens with one attached hydrogen (secondary N) is 2. The summed E-state index contributed by atoms with van der Waals surface area (Å²) in [6, 6.07) is 12.5. The molecule has 7 nitrogen and oxygen atoms in total. The highest BCUT2D eigenvalue weighted by Crippen LogP contribution is 2.21. The fourth-order valence-electron chi connectivity index (χ4n) is 2.23. The van der Waals surface area contributed by atoms with Gasteiger partial charge in [0.1, 0.15) is 5.75 Å². The molecule has 0 saturated carbocycles. The van der Waals surface area contributed by atoms with E-state index in [-0.39, 0.29) is 16.4 Å². The molecule has 26 heavy (non-hydrogen) atoms. The number of ether oxygens (including phenoxy) is 2. The maximum absolute atomic E-state index is 12.6. The van der Waals surface area contributed by atoms with E-state index in [9.17, 15) is 13.2 Å². The van der Waals surface area contributed by atoms with E-state index >= 15 is 0 Å². The zero-order valence-electron chi connectivity index (χ0n) is 14.7. The molecule has 0 fully saturated rings. The van der Waals surface area contributed by atoms with E-state index in [1.54, 1.807) is 37.4 Å². The van der Waals surface area contributed by atoms with Crippen LogP contribution < -0.4 is 14.8 Å². The number of carbonyl (C=O) groups excluding carboxylic acids is 1. The molecule has 8 heteroatoms. The lowest BCUT2D eigenvalue weighted by atomic mass is 10.2. The third kappa shape index (κ3) is 5.47. The summed E-state index contributed by atoms with van der Waals surface area (Å²) >= 11 is 0. The molecule has 0 heterocycles. The minimum Gasteiger partial charge on any atom is -0.497 e. The standard InChI is InChI=1S/C18H22N2O5S/c1-24-11-5-10-19-18(21)14-6-3-9-17(12-14)26(22,23)20-15-7-4-8-16(13-15)25-2/h3-4,6-9,12-13,20H,5,10-11H2,1-2H3,(H,19,21). The van der Waals surface area contributed by atoms with Crippen LogP contribution in [-0.4, -0.2) is 41.7 Å². The molecule has 0 atom stereocenters. The van der Waals surface area contributed by atoms with Crippen LogP contribution in [0.4, 0.5) is 5.69 Å². The molecule has 140 valence electrons. The maximum atomic E-state index is 12.6. The molecule has 0 saturated heterocycles. The summed E-state index contributed by atoms with van der Waals surface area (Å²) < 4.78 is 37.6. The summed E-state index contributed by atoms with van der Waals surface area (Å²) in [7, 11) is -0.738. The lowest BCUT2D eigenvalue weighted by Gasteiger charge is -2.10. The number of methoxy groups -OCH3 is 2. The highest BCUT2D eigenvalue weighted by atomic mass is 32.2. The van der Waals surface area contributed by atoms with Crippen molar-refractivity contribution in [3.63, 3.8) is 0 Å². The van der Waals surface area contributed by atoms with E-state index in [0.717, 1.165) is 0 Å². The number of rotatable bonds is 9. The third-order valence-electron chi connectivity index (χ3n) is 3.54. The Morgan fingerprint density at radius 2 is 1.85 bits per heavy atom. The number of hydrogen-bond donors (Lipinski definition) is 2. The van der Waals surface area contributed by atoms with Crippen molar-refractivity contribution in [1.29, 1.82) is 0 Å². The van der Waals surface area contributed by atoms with Crippen LogP contribution in [0.25, 0.3) is 0 Å². The molecular formula is C18H22N2O5S. The summed E-state index contributed by atoms with van der Waals surface area (Å²) in [6.07, 6.45) is 0.678. The smallest absolute Gasteiger partial charge is 0.261 e. The van der Waals surface area contributed by atoms with Crippen LogP contribution in [0.15, 0.2) is 53.4 Å². The van der Waals surface area contributed by atoms with Crippen LogP contribution >= 0.6 is 0 Å². The number of benzene rings is 2. The van der Waals surface area contributed by atoms with Crippen molar-refractivity contribution >= 4 is 21.6 Å². The minimum atomic E-state index is -3.83. The van der Waals surface area contributed by atoms with Gasteiger partial charge in [0.25, 0.3) is 15.9 Å². The summed E-state index contributed by atoms with van der Waals surface area (Å²) in [6.45, 7) is 0.991. The first kappa shape index (κ1) is 19.7. The number of anilines is 1. The lowest BCUT2D eigenvalue weighted by molar-refractivity contribution is 0.0948. The van der Waals surface area contributed by atoms with Gasteiger partial charge in [0.2, 0.25) is 0 Å². The van der Waals surface area contributed by atoms with Crippen LogP contribution in [0.1, 0.15) is 16.8 Å². The van der Waals surface area contributed by atoms with Crippen molar-refractivity contribution in [1.82, 2.24) is 5.32 Å². The number of hydrogen-bond acceptors (Lipinski definition) is 5. The molecule has 2 rings (SSSR count). The predicted molar refractivity (Wildman–Crippen MR) is 99.1 cm³/mol. The Morgan fingerprint density at radius 3 is 2.58 bits per heavy atom. The van der Waals surface area contributed by atoms with E-state index in [0.29, 0.717) is 31.0 Å². The molecule has 2 N–H and O–H groups in total. The molecule has 0 unspecified atom stereocenters. The third-order valence-corrected chi connectivity index (χ3v) is 4.92. The maximum Gasteiger partial charge on any atom is 0.261 e. The van der Waals surface area contributed by atoms with E-state index < -0.39 is 10.0 Å². The summed E-state index contributed by atoms with van der Waals surface area (Å²) in [4.78, 5) is 12.1. The monoisotopic (exact) mass is 378 g/mol. The van der Waals surface area contributed by atoms with Gasteiger partial charge < -0.3 is 14.8 Å². The van der Waals surface area contributed by atoms with Gasteiger partial charge >= 0.3 is 0 Å². The van der Waals surface area contributed by atoms with Gasteiger partial charge in [-0.05, 0) is 36.8 Å². The van der Waals surface area contributed by atoms with Crippen LogP contribution in [-0.2, 0) is 14.8 Å². The molecule has 0 aliphatic heterocycles. The van der Waals surface area contributed by atoms with E-state index in [4.69, 9.17) is 9.47 Å². The molecule has 2 aromatic carbocycles. The molecule has 0 radical (unpaired) electrons. The largest absolute Gasteiger partial charge is 0.497 e. The van der Waals surface area contributed by atoms with Gasteiger partial charge in [-0.2, -0.15) is 0 Å². The molecule has 0 aliphatic rings. The normalized spacial score (nSPS) is 11.0. The first-order valence-corrected chi connectivity index (χ1v) is 9.48. The number of sulfonamides is 1. The second-order valence-corrected chi connectivity index (χ2v) is 7.15. The number of carbonyl (C=O) groups is 1. The Balaban J connectivity index is 2.13. The van der Waals surface area contributed by atoms with E-state index in [2.05, 4.69) is 10.0 Å². The van der Waals surface area contributed by atoms with Gasteiger partial charge in [0.05, 0.1) is 17.7 Å². The molecule has 0 spiro atoms. The quantitative estimate of drug-likeness (QED) is 0.653. The first-order valence-electron chi connectivity index (χ1n) is 8.00. The highest BCUT2D eigenvalue weighted by molar-refractivity contribution is 7.92. The predicted octanol–water partition coefficient (Wildman–Crippen LogP) is 2.26. The van der Waals surface area contributed by atoms with Gasteiger partial charge in [0, 0.05) is 31.9 Å². The van der Waals surface area contributed by atoms with Crippen molar-refractivity contribution < 1.29 is 22.7 Å². The van der Waals surface area contributed by atoms with Crippen LogP contribution in [0.2, 0.25) is 0 Å². The van der Waals surface area contributed by atoms with Gasteiger partial charge in [-0.1, -0.05) is 12.1 Å². The summed E-state index contributed by atoms with van der Waals surface area (Å²) in [5.41, 5.74) is 0.648. The topological polar surface area (TPSA) is 93.7 Å². The molecular weight excluding hydrogens is 356 g/mol. The SMILES string of the molecule is COCCCNC(=O)c1cccc(S(=O)(=O)Nc2cccc(OC)c2)c1. The second-order valence-electron chi connectivity index (χ2n) is 5.47. The molecule has 0 aromatic heterocycles. The van der Waals surface area contributed by atoms with Gasteiger partial charge in [0.15, 0.2) is 0 Å². The van der Waals surface area contributed by atoms with Gasteiger partial charge in [-0.25, -0.2) is 8.42 Å². The van der Waals surface area contributed by atoms with Crippen molar-refractivity contribution in [2.24, 2.45) is 0 Å². The molecule has 0 bridgehead atoms. The Kier molecular flexibility index (Phi) is 6.99. The van der Waals surface area contributed by atoms with E-state index in [1.807, 2.05) is 0 Å². The highest BCUT2D eigenvalue weighted by Gasteiger charge is 2.16.